The summed E-state index contributed by atoms with van der Waals surface area (Å²) in [6.07, 6.45) is 11.3. The van der Waals surface area contributed by atoms with Crippen LogP contribution in [0.1, 0.15) is 58.3 Å². The van der Waals surface area contributed by atoms with Crippen LogP contribution in [0, 0.1) is 5.41 Å². The second-order valence-corrected chi connectivity index (χ2v) is 4.95. The van der Waals surface area contributed by atoms with Crippen LogP contribution in [0.5, 0.6) is 0 Å². The quantitative estimate of drug-likeness (QED) is 0.525. The van der Waals surface area contributed by atoms with Gasteiger partial charge in [-0.1, -0.05) is 32.3 Å². The molecule has 1 saturated carbocycles. The smallest absolute Gasteiger partial charge is 0.0593 e. The Labute approximate surface area is 88.2 Å². The van der Waals surface area contributed by atoms with Gasteiger partial charge in [-0.3, -0.25) is 0 Å². The Kier molecular flexibility index (Phi) is 4.67. The summed E-state index contributed by atoms with van der Waals surface area (Å²) in [5.74, 6) is 0. The van der Waals surface area contributed by atoms with Gasteiger partial charge in [-0.25, -0.2) is 0 Å². The van der Waals surface area contributed by atoms with E-state index in [9.17, 15) is 5.11 Å². The van der Waals surface area contributed by atoms with Gasteiger partial charge >= 0.3 is 0 Å². The molecule has 0 spiro atoms. The molecule has 1 rings (SSSR count). The Morgan fingerprint density at radius 1 is 1.36 bits per heavy atom. The van der Waals surface area contributed by atoms with Gasteiger partial charge in [0.05, 0.1) is 6.10 Å². The lowest BCUT2D eigenvalue weighted by atomic mass is 9.70. The summed E-state index contributed by atoms with van der Waals surface area (Å²) in [5, 5.41) is 10.1. The number of hydrogen-bond donors (Lipinski definition) is 1. The molecule has 0 aromatic heterocycles. The van der Waals surface area contributed by atoms with Gasteiger partial charge in [0, 0.05) is 0 Å². The fraction of sp³-hybridized carbons (Fsp3) is 0.846. The van der Waals surface area contributed by atoms with E-state index in [1.807, 2.05) is 6.08 Å². The Bertz CT molecular complexity index is 168. The second kappa shape index (κ2) is 5.55. The van der Waals surface area contributed by atoms with Crippen LogP contribution in [0.15, 0.2) is 12.7 Å². The normalized spacial score (nSPS) is 23.0. The minimum Gasteiger partial charge on any atom is -0.393 e. The first-order valence-corrected chi connectivity index (χ1v) is 5.98. The molecule has 0 heterocycles. The molecule has 0 amide bonds. The highest BCUT2D eigenvalue weighted by molar-refractivity contribution is 4.85. The van der Waals surface area contributed by atoms with Crippen LogP contribution in [-0.2, 0) is 0 Å². The molecule has 14 heavy (non-hydrogen) atoms. The summed E-state index contributed by atoms with van der Waals surface area (Å²) in [4.78, 5) is 0. The molecule has 0 saturated heterocycles. The first-order chi connectivity index (χ1) is 6.69. The van der Waals surface area contributed by atoms with Crippen molar-refractivity contribution in [3.8, 4) is 0 Å². The van der Waals surface area contributed by atoms with Crippen molar-refractivity contribution in [2.24, 2.45) is 5.41 Å². The van der Waals surface area contributed by atoms with Crippen molar-refractivity contribution in [2.75, 3.05) is 0 Å². The van der Waals surface area contributed by atoms with Gasteiger partial charge in [0.2, 0.25) is 0 Å². The zero-order valence-corrected chi connectivity index (χ0v) is 9.47. The topological polar surface area (TPSA) is 20.2 Å². The molecule has 0 aliphatic heterocycles. The van der Waals surface area contributed by atoms with Crippen molar-refractivity contribution in [3.63, 3.8) is 0 Å². The van der Waals surface area contributed by atoms with Gasteiger partial charge in [-0.2, -0.15) is 0 Å². The fourth-order valence-corrected chi connectivity index (χ4v) is 2.50. The molecule has 82 valence electrons. The molecule has 0 radical (unpaired) electrons. The van der Waals surface area contributed by atoms with Crippen LogP contribution in [-0.4, -0.2) is 11.2 Å². The average molecular weight is 196 g/mol. The molecule has 1 N–H and O–H groups in total. The van der Waals surface area contributed by atoms with Crippen LogP contribution in [0.4, 0.5) is 0 Å². The van der Waals surface area contributed by atoms with Gasteiger partial charge in [-0.05, 0) is 37.5 Å². The molecule has 0 aromatic carbocycles. The number of aliphatic hydroxyl groups excluding tert-OH is 1. The van der Waals surface area contributed by atoms with Crippen LogP contribution in [0.2, 0.25) is 0 Å². The molecule has 1 unspecified atom stereocenters. The van der Waals surface area contributed by atoms with Crippen molar-refractivity contribution in [3.05, 3.63) is 12.7 Å². The average Bonchev–Trinajstić information content (AvgIpc) is 2.19. The number of allylic oxidation sites excluding steroid dienone is 1. The number of hydrogen-bond acceptors (Lipinski definition) is 1. The molecule has 0 aromatic rings. The maximum Gasteiger partial charge on any atom is 0.0593 e. The van der Waals surface area contributed by atoms with Gasteiger partial charge < -0.3 is 5.11 Å². The van der Waals surface area contributed by atoms with E-state index in [2.05, 4.69) is 13.5 Å². The van der Waals surface area contributed by atoms with E-state index in [-0.39, 0.29) is 11.5 Å². The lowest BCUT2D eigenvalue weighted by Crippen LogP contribution is -2.34. The third-order valence-electron chi connectivity index (χ3n) is 3.69. The molecule has 1 atom stereocenters. The van der Waals surface area contributed by atoms with Crippen molar-refractivity contribution < 1.29 is 5.11 Å². The summed E-state index contributed by atoms with van der Waals surface area (Å²) < 4.78 is 0. The predicted molar refractivity (Wildman–Crippen MR) is 61.2 cm³/mol. The largest absolute Gasteiger partial charge is 0.393 e. The molecular formula is C13H24O. The van der Waals surface area contributed by atoms with E-state index < -0.39 is 0 Å². The van der Waals surface area contributed by atoms with E-state index in [1.54, 1.807) is 0 Å². The fourth-order valence-electron chi connectivity index (χ4n) is 2.50. The summed E-state index contributed by atoms with van der Waals surface area (Å²) in [5.41, 5.74) is 0.208. The van der Waals surface area contributed by atoms with Crippen LogP contribution in [0.25, 0.3) is 0 Å². The first-order valence-electron chi connectivity index (χ1n) is 5.98. The van der Waals surface area contributed by atoms with E-state index in [0.717, 1.165) is 19.3 Å². The molecule has 1 fully saturated rings. The maximum atomic E-state index is 10.1. The van der Waals surface area contributed by atoms with Crippen molar-refractivity contribution in [1.29, 1.82) is 0 Å². The second-order valence-electron chi connectivity index (χ2n) is 4.95. The Morgan fingerprint density at radius 3 is 2.57 bits per heavy atom. The molecule has 1 aliphatic carbocycles. The third kappa shape index (κ3) is 3.13. The Balaban J connectivity index is 2.32. The van der Waals surface area contributed by atoms with Gasteiger partial charge in [-0.15, -0.1) is 6.58 Å². The molecule has 1 nitrogen and oxygen atoms in total. The molecule has 1 aliphatic rings. The van der Waals surface area contributed by atoms with E-state index in [4.69, 9.17) is 0 Å². The molecule has 0 bridgehead atoms. The highest BCUT2D eigenvalue weighted by Gasteiger charge is 2.33. The van der Waals surface area contributed by atoms with Crippen LogP contribution in [0.3, 0.4) is 0 Å². The number of unbranched alkanes of at least 4 members (excludes halogenated alkanes) is 1. The zero-order valence-electron chi connectivity index (χ0n) is 9.47. The minimum atomic E-state index is -0.0947. The van der Waals surface area contributed by atoms with E-state index in [1.165, 1.54) is 32.1 Å². The Morgan fingerprint density at radius 2 is 2.00 bits per heavy atom. The van der Waals surface area contributed by atoms with Crippen molar-refractivity contribution in [1.82, 2.24) is 0 Å². The van der Waals surface area contributed by atoms with Gasteiger partial charge in [0.1, 0.15) is 0 Å². The standard InChI is InChI=1S/C13H24O/c1-3-4-6-9-12(14)13(2)10-7-5-8-11-13/h3,12,14H,1,4-11H2,2H3. The maximum absolute atomic E-state index is 10.1. The van der Waals surface area contributed by atoms with Crippen LogP contribution < -0.4 is 0 Å². The Hall–Kier alpha value is -0.300. The van der Waals surface area contributed by atoms with E-state index in [0.29, 0.717) is 0 Å². The lowest BCUT2D eigenvalue weighted by molar-refractivity contribution is 0.00325. The third-order valence-corrected chi connectivity index (χ3v) is 3.69. The number of aliphatic hydroxyl groups is 1. The minimum absolute atomic E-state index is 0.0947. The van der Waals surface area contributed by atoms with Crippen molar-refractivity contribution >= 4 is 0 Å². The predicted octanol–water partition coefficient (Wildman–Crippen LogP) is 3.67. The van der Waals surface area contributed by atoms with E-state index >= 15 is 0 Å². The highest BCUT2D eigenvalue weighted by atomic mass is 16.3. The summed E-state index contributed by atoms with van der Waals surface area (Å²) >= 11 is 0. The SMILES string of the molecule is C=CCCCC(O)C1(C)CCCCC1. The van der Waals surface area contributed by atoms with Gasteiger partial charge in [0.25, 0.3) is 0 Å². The van der Waals surface area contributed by atoms with Gasteiger partial charge in [0.15, 0.2) is 0 Å². The molecule has 1 heteroatoms. The number of rotatable bonds is 5. The summed E-state index contributed by atoms with van der Waals surface area (Å²) in [7, 11) is 0. The molecular weight excluding hydrogens is 172 g/mol. The first kappa shape index (κ1) is 11.8. The monoisotopic (exact) mass is 196 g/mol. The summed E-state index contributed by atoms with van der Waals surface area (Å²) in [6, 6.07) is 0. The highest BCUT2D eigenvalue weighted by Crippen LogP contribution is 2.40. The van der Waals surface area contributed by atoms with Crippen LogP contribution >= 0.6 is 0 Å². The summed E-state index contributed by atoms with van der Waals surface area (Å²) in [6.45, 7) is 5.96. The van der Waals surface area contributed by atoms with Crippen molar-refractivity contribution in [2.45, 2.75) is 64.4 Å². The zero-order chi connectivity index (χ0) is 10.4. The lowest BCUT2D eigenvalue weighted by Gasteiger charge is -2.38.